The highest BCUT2D eigenvalue weighted by Crippen LogP contribution is 2.16. The molecule has 0 aliphatic carbocycles. The molecule has 4 nitrogen and oxygen atoms in total. The molecule has 1 fully saturated rings. The Morgan fingerprint density at radius 2 is 2.16 bits per heavy atom. The molecule has 0 bridgehead atoms. The van der Waals surface area contributed by atoms with Gasteiger partial charge in [0.1, 0.15) is 10.8 Å². The Morgan fingerprint density at radius 3 is 2.84 bits per heavy atom. The van der Waals surface area contributed by atoms with Crippen molar-refractivity contribution in [3.8, 4) is 0 Å². The van der Waals surface area contributed by atoms with Crippen LogP contribution in [0.1, 0.15) is 30.4 Å². The van der Waals surface area contributed by atoms with Crippen LogP contribution in [0.25, 0.3) is 0 Å². The summed E-state index contributed by atoms with van der Waals surface area (Å²) in [6.07, 6.45) is 5.80. The Balaban J connectivity index is 1.92. The molecule has 1 aliphatic heterocycles. The number of likely N-dealkylation sites (tertiary alicyclic amines) is 1. The maximum Gasteiger partial charge on any atom is 0.136 e. The fraction of sp³-hybridized carbons (Fsp3) is 0.571. The van der Waals surface area contributed by atoms with Crippen LogP contribution in [-0.2, 0) is 0 Å². The van der Waals surface area contributed by atoms with Gasteiger partial charge in [-0.2, -0.15) is 0 Å². The molecule has 19 heavy (non-hydrogen) atoms. The Bertz CT molecular complexity index is 441. The van der Waals surface area contributed by atoms with Gasteiger partial charge in [0.25, 0.3) is 0 Å². The first kappa shape index (κ1) is 14.2. The fourth-order valence-electron chi connectivity index (χ4n) is 2.52. The van der Waals surface area contributed by atoms with Gasteiger partial charge in [0.05, 0.1) is 5.56 Å². The highest BCUT2D eigenvalue weighted by atomic mass is 32.1. The SMILES string of the molecule is Cc1ccnc(NCCN2CCCCC2)c1C(N)=S. The smallest absolute Gasteiger partial charge is 0.136 e. The number of rotatable bonds is 5. The molecule has 1 aromatic rings. The van der Waals surface area contributed by atoms with Gasteiger partial charge in [0.15, 0.2) is 0 Å². The first-order chi connectivity index (χ1) is 9.18. The minimum atomic E-state index is 0.408. The van der Waals surface area contributed by atoms with Gasteiger partial charge in [0, 0.05) is 19.3 Å². The average molecular weight is 278 g/mol. The number of aromatic nitrogens is 1. The van der Waals surface area contributed by atoms with Crippen molar-refractivity contribution in [3.05, 3.63) is 23.4 Å². The van der Waals surface area contributed by atoms with E-state index in [0.717, 1.165) is 30.0 Å². The number of nitrogens with zero attached hydrogens (tertiary/aromatic N) is 2. The molecule has 2 rings (SSSR count). The molecule has 0 saturated carbocycles. The third-order valence-corrected chi connectivity index (χ3v) is 3.78. The zero-order valence-corrected chi connectivity index (χ0v) is 12.3. The van der Waals surface area contributed by atoms with E-state index in [1.165, 1.54) is 32.4 Å². The van der Waals surface area contributed by atoms with E-state index in [1.54, 1.807) is 6.20 Å². The van der Waals surface area contributed by atoms with E-state index < -0.39 is 0 Å². The van der Waals surface area contributed by atoms with Crippen molar-refractivity contribution < 1.29 is 0 Å². The van der Waals surface area contributed by atoms with Crippen molar-refractivity contribution in [3.63, 3.8) is 0 Å². The summed E-state index contributed by atoms with van der Waals surface area (Å²) in [6.45, 7) is 6.36. The minimum Gasteiger partial charge on any atom is -0.389 e. The van der Waals surface area contributed by atoms with Crippen molar-refractivity contribution in [2.75, 3.05) is 31.5 Å². The van der Waals surface area contributed by atoms with E-state index >= 15 is 0 Å². The van der Waals surface area contributed by atoms with Gasteiger partial charge in [-0.15, -0.1) is 0 Å². The molecule has 0 spiro atoms. The summed E-state index contributed by atoms with van der Waals surface area (Å²) >= 11 is 5.10. The van der Waals surface area contributed by atoms with Crippen LogP contribution in [0.2, 0.25) is 0 Å². The predicted molar refractivity (Wildman–Crippen MR) is 83.6 cm³/mol. The van der Waals surface area contributed by atoms with Gasteiger partial charge < -0.3 is 16.0 Å². The molecule has 2 heterocycles. The van der Waals surface area contributed by atoms with Crippen molar-refractivity contribution in [1.82, 2.24) is 9.88 Å². The predicted octanol–water partition coefficient (Wildman–Crippen LogP) is 1.92. The number of hydrogen-bond acceptors (Lipinski definition) is 4. The molecule has 0 radical (unpaired) electrons. The molecule has 1 saturated heterocycles. The van der Waals surface area contributed by atoms with Crippen molar-refractivity contribution in [2.24, 2.45) is 5.73 Å². The second-order valence-electron chi connectivity index (χ2n) is 5.04. The summed E-state index contributed by atoms with van der Waals surface area (Å²) in [6, 6.07) is 1.93. The van der Waals surface area contributed by atoms with Gasteiger partial charge in [-0.3, -0.25) is 0 Å². The highest BCUT2D eigenvalue weighted by molar-refractivity contribution is 7.80. The lowest BCUT2D eigenvalue weighted by Crippen LogP contribution is -2.34. The van der Waals surface area contributed by atoms with Gasteiger partial charge in [-0.25, -0.2) is 4.98 Å². The zero-order chi connectivity index (χ0) is 13.7. The third kappa shape index (κ3) is 3.88. The Labute approximate surface area is 120 Å². The summed E-state index contributed by atoms with van der Waals surface area (Å²) in [5.41, 5.74) is 7.71. The molecule has 1 aromatic heterocycles. The molecule has 5 heteroatoms. The number of aryl methyl sites for hydroxylation is 1. The van der Waals surface area contributed by atoms with E-state index in [9.17, 15) is 0 Å². The summed E-state index contributed by atoms with van der Waals surface area (Å²) in [7, 11) is 0. The lowest BCUT2D eigenvalue weighted by Gasteiger charge is -2.26. The molecule has 104 valence electrons. The molecule has 0 unspecified atom stereocenters. The maximum absolute atomic E-state index is 5.77. The van der Waals surface area contributed by atoms with Gasteiger partial charge in [-0.1, -0.05) is 18.6 Å². The van der Waals surface area contributed by atoms with E-state index in [1.807, 2.05) is 13.0 Å². The monoisotopic (exact) mass is 278 g/mol. The lowest BCUT2D eigenvalue weighted by atomic mass is 10.1. The number of hydrogen-bond donors (Lipinski definition) is 2. The van der Waals surface area contributed by atoms with E-state index in [2.05, 4.69) is 15.2 Å². The lowest BCUT2D eigenvalue weighted by molar-refractivity contribution is 0.237. The van der Waals surface area contributed by atoms with E-state index in [-0.39, 0.29) is 0 Å². The second kappa shape index (κ2) is 6.82. The number of anilines is 1. The van der Waals surface area contributed by atoms with E-state index in [0.29, 0.717) is 4.99 Å². The molecular formula is C14H22N4S. The minimum absolute atomic E-state index is 0.408. The quantitative estimate of drug-likeness (QED) is 0.806. The number of thiocarbonyl (C=S) groups is 1. The first-order valence-electron chi connectivity index (χ1n) is 6.90. The molecule has 0 amide bonds. The van der Waals surface area contributed by atoms with Crippen LogP contribution in [-0.4, -0.2) is 41.1 Å². The largest absolute Gasteiger partial charge is 0.389 e. The summed E-state index contributed by atoms with van der Waals surface area (Å²) in [5.74, 6) is 0.810. The van der Waals surface area contributed by atoms with Crippen molar-refractivity contribution in [2.45, 2.75) is 26.2 Å². The molecule has 0 atom stereocenters. The van der Waals surface area contributed by atoms with Crippen LogP contribution < -0.4 is 11.1 Å². The van der Waals surface area contributed by atoms with Gasteiger partial charge in [0.2, 0.25) is 0 Å². The fourth-order valence-corrected chi connectivity index (χ4v) is 2.78. The van der Waals surface area contributed by atoms with Gasteiger partial charge in [-0.05, 0) is 44.5 Å². The topological polar surface area (TPSA) is 54.2 Å². The van der Waals surface area contributed by atoms with E-state index in [4.69, 9.17) is 18.0 Å². The normalized spacial score (nSPS) is 16.3. The van der Waals surface area contributed by atoms with Crippen LogP contribution in [0, 0.1) is 6.92 Å². The van der Waals surface area contributed by atoms with Gasteiger partial charge >= 0.3 is 0 Å². The van der Waals surface area contributed by atoms with Crippen LogP contribution in [0.5, 0.6) is 0 Å². The Hall–Kier alpha value is -1.20. The molecule has 3 N–H and O–H groups in total. The number of pyridine rings is 1. The second-order valence-corrected chi connectivity index (χ2v) is 5.48. The Morgan fingerprint density at radius 1 is 1.42 bits per heavy atom. The van der Waals surface area contributed by atoms with Crippen molar-refractivity contribution >= 4 is 23.0 Å². The summed E-state index contributed by atoms with van der Waals surface area (Å²) in [5, 5.41) is 3.36. The zero-order valence-electron chi connectivity index (χ0n) is 11.5. The third-order valence-electron chi connectivity index (χ3n) is 3.57. The standard InChI is InChI=1S/C14H22N4S/c1-11-5-6-16-14(12(11)13(15)19)17-7-10-18-8-3-2-4-9-18/h5-6H,2-4,7-10H2,1H3,(H2,15,19)(H,16,17). The van der Waals surface area contributed by atoms with Crippen LogP contribution >= 0.6 is 12.2 Å². The van der Waals surface area contributed by atoms with Crippen LogP contribution in [0.4, 0.5) is 5.82 Å². The number of piperidine rings is 1. The maximum atomic E-state index is 5.77. The molecular weight excluding hydrogens is 256 g/mol. The summed E-state index contributed by atoms with van der Waals surface area (Å²) in [4.78, 5) is 7.25. The summed E-state index contributed by atoms with van der Waals surface area (Å²) < 4.78 is 0. The number of nitrogens with two attached hydrogens (primary N) is 1. The average Bonchev–Trinajstić information content (AvgIpc) is 2.39. The van der Waals surface area contributed by atoms with Crippen LogP contribution in [0.3, 0.4) is 0 Å². The first-order valence-corrected chi connectivity index (χ1v) is 7.31. The number of nitrogens with one attached hydrogen (secondary N) is 1. The molecule has 0 aromatic carbocycles. The van der Waals surface area contributed by atoms with Crippen molar-refractivity contribution in [1.29, 1.82) is 0 Å². The van der Waals surface area contributed by atoms with Crippen LogP contribution in [0.15, 0.2) is 12.3 Å². The molecule has 1 aliphatic rings. The Kier molecular flexibility index (Phi) is 5.10. The highest BCUT2D eigenvalue weighted by Gasteiger charge is 2.11.